The molecular weight excluding hydrogens is 356 g/mol. The number of carbonyl (C=O) groups excluding carboxylic acids is 2. The molecule has 3 rings (SSSR count). The van der Waals surface area contributed by atoms with Gasteiger partial charge in [0, 0.05) is 11.7 Å². The van der Waals surface area contributed by atoms with Crippen molar-refractivity contribution in [1.82, 2.24) is 20.1 Å². The van der Waals surface area contributed by atoms with E-state index in [2.05, 4.69) is 15.4 Å². The molecule has 1 unspecified atom stereocenters. The number of fused-ring (bicyclic) bond motifs is 1. The van der Waals surface area contributed by atoms with Crippen LogP contribution >= 0.6 is 0 Å². The number of hydrogen-bond donors (Lipinski definition) is 1. The van der Waals surface area contributed by atoms with Crippen LogP contribution in [0.15, 0.2) is 42.6 Å². The number of nitrogens with one attached hydrogen (secondary N) is 1. The van der Waals surface area contributed by atoms with Crippen LogP contribution in [0.1, 0.15) is 54.0 Å². The van der Waals surface area contributed by atoms with Crippen LogP contribution in [0, 0.1) is 6.92 Å². The van der Waals surface area contributed by atoms with E-state index in [1.54, 1.807) is 16.9 Å². The minimum Gasteiger partial charge on any atom is -0.469 e. The maximum Gasteiger partial charge on any atom is 0.307 e. The number of carbonyl (C=O) groups is 2. The van der Waals surface area contributed by atoms with Crippen LogP contribution in [0.4, 0.5) is 0 Å². The molecule has 1 N–H and O–H groups in total. The summed E-state index contributed by atoms with van der Waals surface area (Å²) in [6, 6.07) is 10.7. The van der Waals surface area contributed by atoms with Crippen molar-refractivity contribution in [3.05, 3.63) is 59.4 Å². The fourth-order valence-corrected chi connectivity index (χ4v) is 3.13. The number of amides is 1. The van der Waals surface area contributed by atoms with Gasteiger partial charge in [0.25, 0.3) is 5.91 Å². The summed E-state index contributed by atoms with van der Waals surface area (Å²) in [7, 11) is 1.34. The van der Waals surface area contributed by atoms with Crippen LogP contribution in [0.2, 0.25) is 0 Å². The van der Waals surface area contributed by atoms with E-state index in [1.165, 1.54) is 7.11 Å². The number of esters is 1. The molecule has 0 aliphatic carbocycles. The number of rotatable bonds is 6. The first-order valence-corrected chi connectivity index (χ1v) is 9.18. The normalized spacial score (nSPS) is 12.2. The molecule has 0 fully saturated rings. The lowest BCUT2D eigenvalue weighted by molar-refractivity contribution is -0.141. The van der Waals surface area contributed by atoms with Gasteiger partial charge in [-0.2, -0.15) is 5.10 Å². The van der Waals surface area contributed by atoms with Gasteiger partial charge >= 0.3 is 5.97 Å². The largest absolute Gasteiger partial charge is 0.469 e. The lowest BCUT2D eigenvalue weighted by Gasteiger charge is -2.19. The molecule has 7 heteroatoms. The predicted molar refractivity (Wildman–Crippen MR) is 106 cm³/mol. The van der Waals surface area contributed by atoms with E-state index in [-0.39, 0.29) is 18.4 Å². The maximum atomic E-state index is 13.1. The van der Waals surface area contributed by atoms with E-state index in [0.29, 0.717) is 16.6 Å². The average Bonchev–Trinajstić information content (AvgIpc) is 3.11. The van der Waals surface area contributed by atoms with Crippen LogP contribution < -0.4 is 5.32 Å². The minimum atomic E-state index is -0.496. The molecular formula is C21H24N4O3. The van der Waals surface area contributed by atoms with Gasteiger partial charge in [-0.3, -0.25) is 9.59 Å². The van der Waals surface area contributed by atoms with Gasteiger partial charge < -0.3 is 10.1 Å². The summed E-state index contributed by atoms with van der Waals surface area (Å²) in [4.78, 5) is 29.5. The molecule has 0 bridgehead atoms. The van der Waals surface area contributed by atoms with Gasteiger partial charge in [0.05, 0.1) is 36.7 Å². The van der Waals surface area contributed by atoms with E-state index in [1.807, 2.05) is 51.1 Å². The van der Waals surface area contributed by atoms with E-state index in [4.69, 9.17) is 4.74 Å². The van der Waals surface area contributed by atoms with E-state index in [9.17, 15) is 9.59 Å². The summed E-state index contributed by atoms with van der Waals surface area (Å²) in [6.07, 6.45) is 1.71. The van der Waals surface area contributed by atoms with Gasteiger partial charge in [-0.25, -0.2) is 9.67 Å². The fourth-order valence-electron chi connectivity index (χ4n) is 3.13. The summed E-state index contributed by atoms with van der Waals surface area (Å²) in [5.74, 6) is -0.672. The van der Waals surface area contributed by atoms with Gasteiger partial charge in [-0.1, -0.05) is 30.3 Å². The highest BCUT2D eigenvalue weighted by Gasteiger charge is 2.22. The Balaban J connectivity index is 1.97. The van der Waals surface area contributed by atoms with Crippen LogP contribution in [0.5, 0.6) is 0 Å². The van der Waals surface area contributed by atoms with Gasteiger partial charge in [-0.15, -0.1) is 0 Å². The molecule has 0 saturated heterocycles. The Morgan fingerprint density at radius 1 is 1.21 bits per heavy atom. The maximum absolute atomic E-state index is 13.1. The molecule has 146 valence electrons. The summed E-state index contributed by atoms with van der Waals surface area (Å²) in [6.45, 7) is 5.87. The Morgan fingerprint density at radius 2 is 1.93 bits per heavy atom. The number of benzene rings is 1. The summed E-state index contributed by atoms with van der Waals surface area (Å²) >= 11 is 0. The Hall–Kier alpha value is -3.22. The van der Waals surface area contributed by atoms with Crippen molar-refractivity contribution >= 4 is 22.9 Å². The second kappa shape index (κ2) is 8.21. The summed E-state index contributed by atoms with van der Waals surface area (Å²) in [5.41, 5.74) is 2.72. The third-order valence-corrected chi connectivity index (χ3v) is 4.53. The Labute approximate surface area is 163 Å². The minimum absolute atomic E-state index is 0.0463. The van der Waals surface area contributed by atoms with Gasteiger partial charge in [0.2, 0.25) is 0 Å². The summed E-state index contributed by atoms with van der Waals surface area (Å²) in [5, 5.41) is 8.03. The third-order valence-electron chi connectivity index (χ3n) is 4.53. The number of ether oxygens (including phenoxy) is 1. The molecule has 0 aliphatic heterocycles. The first-order valence-electron chi connectivity index (χ1n) is 9.18. The Kier molecular flexibility index (Phi) is 5.73. The van der Waals surface area contributed by atoms with Crippen molar-refractivity contribution in [3.8, 4) is 0 Å². The van der Waals surface area contributed by atoms with Crippen LogP contribution in [-0.4, -0.2) is 33.8 Å². The number of hydrogen-bond acceptors (Lipinski definition) is 5. The monoisotopic (exact) mass is 380 g/mol. The van der Waals surface area contributed by atoms with Crippen molar-refractivity contribution in [2.45, 2.75) is 39.3 Å². The van der Waals surface area contributed by atoms with Crippen LogP contribution in [0.25, 0.3) is 11.0 Å². The number of aromatic nitrogens is 3. The molecule has 2 aromatic heterocycles. The molecule has 0 radical (unpaired) electrons. The fraction of sp³-hybridized carbons (Fsp3) is 0.333. The molecule has 0 saturated carbocycles. The third kappa shape index (κ3) is 4.03. The molecule has 7 nitrogen and oxygen atoms in total. The number of nitrogens with zero attached hydrogens (tertiary/aromatic N) is 3. The quantitative estimate of drug-likeness (QED) is 0.663. The van der Waals surface area contributed by atoms with Crippen molar-refractivity contribution in [2.24, 2.45) is 0 Å². The molecule has 1 atom stereocenters. The highest BCUT2D eigenvalue weighted by atomic mass is 16.5. The van der Waals surface area contributed by atoms with E-state index < -0.39 is 12.0 Å². The lowest BCUT2D eigenvalue weighted by Crippen LogP contribution is -2.30. The zero-order chi connectivity index (χ0) is 20.3. The molecule has 2 heterocycles. The number of methoxy groups -OCH3 is 1. The van der Waals surface area contributed by atoms with Gasteiger partial charge in [0.15, 0.2) is 5.65 Å². The van der Waals surface area contributed by atoms with Crippen molar-refractivity contribution in [3.63, 3.8) is 0 Å². The van der Waals surface area contributed by atoms with Crippen molar-refractivity contribution < 1.29 is 14.3 Å². The van der Waals surface area contributed by atoms with Crippen LogP contribution in [-0.2, 0) is 9.53 Å². The second-order valence-corrected chi connectivity index (χ2v) is 6.95. The lowest BCUT2D eigenvalue weighted by atomic mass is 10.0. The summed E-state index contributed by atoms with van der Waals surface area (Å²) < 4.78 is 6.59. The predicted octanol–water partition coefficient (Wildman–Crippen LogP) is 3.35. The molecule has 1 amide bonds. The molecule has 28 heavy (non-hydrogen) atoms. The second-order valence-electron chi connectivity index (χ2n) is 6.95. The first kappa shape index (κ1) is 19.5. The van der Waals surface area contributed by atoms with Gasteiger partial charge in [-0.05, 0) is 32.4 Å². The standard InChI is InChI=1S/C21H24N4O3/c1-13(2)25-20-17(12-22-25)16(10-14(3)23-20)21(27)24-18(11-19(26)28-4)15-8-6-5-7-9-15/h5-10,12-13,18H,11H2,1-4H3,(H,24,27). The Morgan fingerprint density at radius 3 is 2.57 bits per heavy atom. The molecule has 0 spiro atoms. The van der Waals surface area contributed by atoms with Crippen molar-refractivity contribution in [1.29, 1.82) is 0 Å². The van der Waals surface area contributed by atoms with Crippen molar-refractivity contribution in [2.75, 3.05) is 7.11 Å². The van der Waals surface area contributed by atoms with Crippen LogP contribution in [0.3, 0.4) is 0 Å². The number of pyridine rings is 1. The first-order chi connectivity index (χ1) is 13.4. The van der Waals surface area contributed by atoms with Gasteiger partial charge in [0.1, 0.15) is 0 Å². The average molecular weight is 380 g/mol. The van der Waals surface area contributed by atoms with E-state index >= 15 is 0 Å². The highest BCUT2D eigenvalue weighted by Crippen LogP contribution is 2.23. The Bertz CT molecular complexity index is 996. The SMILES string of the molecule is COC(=O)CC(NC(=O)c1cc(C)nc2c1cnn2C(C)C)c1ccccc1. The molecule has 0 aliphatic rings. The topological polar surface area (TPSA) is 86.1 Å². The smallest absolute Gasteiger partial charge is 0.307 e. The molecule has 1 aromatic carbocycles. The van der Waals surface area contributed by atoms with E-state index in [0.717, 1.165) is 11.3 Å². The number of aryl methyl sites for hydroxylation is 1. The zero-order valence-corrected chi connectivity index (χ0v) is 16.5. The molecule has 3 aromatic rings. The highest BCUT2D eigenvalue weighted by molar-refractivity contribution is 6.05. The zero-order valence-electron chi connectivity index (χ0n) is 16.5.